The van der Waals surface area contributed by atoms with Gasteiger partial charge in [-0.15, -0.1) is 0 Å². The number of nitrogens with zero attached hydrogens (tertiary/aromatic N) is 4. The second-order valence-electron chi connectivity index (χ2n) is 13.1. The molecule has 39 heavy (non-hydrogen) atoms. The van der Waals surface area contributed by atoms with Crippen LogP contribution in [0.2, 0.25) is 5.02 Å². The number of carbonyl (C=O) groups excluding carboxylic acids is 1. The number of benzene rings is 1. The molecule has 2 aliphatic heterocycles. The number of nitrogens with one attached hydrogen (secondary N) is 1. The Labute approximate surface area is 237 Å². The maximum absolute atomic E-state index is 12.9. The molecule has 6 rings (SSSR count). The van der Waals surface area contributed by atoms with Crippen LogP contribution in [0.25, 0.3) is 0 Å². The topological polar surface area (TPSA) is 70.6 Å². The summed E-state index contributed by atoms with van der Waals surface area (Å²) in [5, 5.41) is 4.66. The lowest BCUT2D eigenvalue weighted by molar-refractivity contribution is 0.0170. The molecule has 1 spiro atoms. The minimum absolute atomic E-state index is 0.106. The number of anilines is 2. The summed E-state index contributed by atoms with van der Waals surface area (Å²) < 4.78 is 5.72. The molecule has 3 heterocycles. The highest BCUT2D eigenvalue weighted by Crippen LogP contribution is 2.53. The Morgan fingerprint density at radius 3 is 2.62 bits per heavy atom. The van der Waals surface area contributed by atoms with Crippen LogP contribution in [0.4, 0.5) is 16.3 Å². The van der Waals surface area contributed by atoms with Crippen LogP contribution in [0.1, 0.15) is 101 Å². The summed E-state index contributed by atoms with van der Waals surface area (Å²) in [5.74, 6) is 1.50. The van der Waals surface area contributed by atoms with E-state index in [1.54, 1.807) is 6.33 Å². The number of ether oxygens (including phenoxy) is 1. The number of rotatable bonds is 4. The summed E-state index contributed by atoms with van der Waals surface area (Å²) in [7, 11) is 0. The first-order valence-electron chi connectivity index (χ1n) is 14.8. The molecule has 1 atom stereocenters. The van der Waals surface area contributed by atoms with Crippen molar-refractivity contribution in [3.63, 3.8) is 0 Å². The van der Waals surface area contributed by atoms with Gasteiger partial charge in [-0.2, -0.15) is 0 Å². The van der Waals surface area contributed by atoms with Gasteiger partial charge in [0.25, 0.3) is 0 Å². The van der Waals surface area contributed by atoms with Crippen LogP contribution in [0.5, 0.6) is 0 Å². The fraction of sp³-hybridized carbons (Fsp3) is 0.645. The van der Waals surface area contributed by atoms with E-state index in [1.807, 2.05) is 25.7 Å². The summed E-state index contributed by atoms with van der Waals surface area (Å²) in [5.41, 5.74) is 5.66. The van der Waals surface area contributed by atoms with Crippen molar-refractivity contribution in [2.45, 2.75) is 109 Å². The highest BCUT2D eigenvalue weighted by Gasteiger charge is 2.49. The second-order valence-corrected chi connectivity index (χ2v) is 13.5. The van der Waals surface area contributed by atoms with Crippen molar-refractivity contribution in [2.75, 3.05) is 24.5 Å². The van der Waals surface area contributed by atoms with E-state index in [1.165, 1.54) is 53.8 Å². The summed E-state index contributed by atoms with van der Waals surface area (Å²) in [4.78, 5) is 26.8. The van der Waals surface area contributed by atoms with Crippen LogP contribution in [0.15, 0.2) is 18.5 Å². The third-order valence-corrected chi connectivity index (χ3v) is 9.67. The zero-order valence-corrected chi connectivity index (χ0v) is 24.6. The fourth-order valence-electron chi connectivity index (χ4n) is 7.32. The molecule has 1 saturated carbocycles. The number of carbonyl (C=O) groups is 1. The number of likely N-dealkylation sites (tertiary alicyclic amines) is 1. The highest BCUT2D eigenvalue weighted by atomic mass is 35.5. The van der Waals surface area contributed by atoms with E-state index < -0.39 is 5.60 Å². The molecule has 0 radical (unpaired) electrons. The summed E-state index contributed by atoms with van der Waals surface area (Å²) in [6, 6.07) is 4.82. The van der Waals surface area contributed by atoms with Gasteiger partial charge < -0.3 is 19.9 Å². The normalized spacial score (nSPS) is 22.4. The maximum atomic E-state index is 12.9. The van der Waals surface area contributed by atoms with E-state index in [-0.39, 0.29) is 11.5 Å². The SMILES string of the molecule is CC1CCc2ncnc(N3CC4(CCN(C(=O)OC(C)(C)C)CC4)c4c3ccc(Cl)c4CNC3CCCC3)c21. The van der Waals surface area contributed by atoms with Crippen molar-refractivity contribution < 1.29 is 9.53 Å². The number of amides is 1. The fourth-order valence-corrected chi connectivity index (χ4v) is 7.55. The Bertz CT molecular complexity index is 1240. The second kappa shape index (κ2) is 10.2. The minimum Gasteiger partial charge on any atom is -0.444 e. The van der Waals surface area contributed by atoms with Crippen LogP contribution in [0, 0.1) is 0 Å². The quantitative estimate of drug-likeness (QED) is 0.460. The Morgan fingerprint density at radius 2 is 1.90 bits per heavy atom. The van der Waals surface area contributed by atoms with E-state index in [0.717, 1.165) is 49.6 Å². The standard InChI is InChI=1S/C31H42ClN5O2/c1-20-9-11-24-26(20)28(35-19-34-24)37-18-31(13-15-36(16-14-31)29(38)39-30(2,3)4)27-22(23(32)10-12-25(27)37)17-33-21-7-5-6-8-21/h10,12,19-21,33H,5-9,11,13-18H2,1-4H3. The molecule has 1 unspecified atom stereocenters. The van der Waals surface area contributed by atoms with Gasteiger partial charge in [-0.1, -0.05) is 31.4 Å². The minimum atomic E-state index is -0.500. The predicted molar refractivity (Wildman–Crippen MR) is 155 cm³/mol. The Morgan fingerprint density at radius 1 is 1.15 bits per heavy atom. The number of hydrogen-bond donors (Lipinski definition) is 1. The first kappa shape index (κ1) is 26.8. The van der Waals surface area contributed by atoms with Crippen LogP contribution < -0.4 is 10.2 Å². The van der Waals surface area contributed by atoms with Crippen molar-refractivity contribution >= 4 is 29.2 Å². The summed E-state index contributed by atoms with van der Waals surface area (Å²) >= 11 is 6.99. The van der Waals surface area contributed by atoms with Crippen molar-refractivity contribution in [1.29, 1.82) is 0 Å². The number of aryl methyl sites for hydroxylation is 1. The summed E-state index contributed by atoms with van der Waals surface area (Å²) in [6.45, 7) is 11.0. The molecule has 1 aromatic heterocycles. The molecule has 2 aliphatic carbocycles. The van der Waals surface area contributed by atoms with Gasteiger partial charge in [-0.05, 0) is 88.5 Å². The van der Waals surface area contributed by atoms with Crippen LogP contribution >= 0.6 is 11.6 Å². The van der Waals surface area contributed by atoms with E-state index in [0.29, 0.717) is 25.0 Å². The van der Waals surface area contributed by atoms with Gasteiger partial charge in [-0.3, -0.25) is 0 Å². The Kier molecular flexibility index (Phi) is 7.03. The molecule has 4 aliphatic rings. The smallest absolute Gasteiger partial charge is 0.410 e. The van der Waals surface area contributed by atoms with Crippen LogP contribution in [-0.4, -0.2) is 52.2 Å². The monoisotopic (exact) mass is 551 g/mol. The number of hydrogen-bond acceptors (Lipinski definition) is 6. The van der Waals surface area contributed by atoms with Gasteiger partial charge in [0.05, 0.1) is 0 Å². The number of halogens is 1. The zero-order valence-electron chi connectivity index (χ0n) is 23.9. The zero-order chi connectivity index (χ0) is 27.4. The van der Waals surface area contributed by atoms with E-state index in [2.05, 4.69) is 34.3 Å². The molecule has 0 bridgehead atoms. The third kappa shape index (κ3) is 5.01. The predicted octanol–water partition coefficient (Wildman–Crippen LogP) is 6.63. The molecular weight excluding hydrogens is 510 g/mol. The van der Waals surface area contributed by atoms with Crippen molar-refractivity contribution in [3.05, 3.63) is 45.9 Å². The number of aromatic nitrogens is 2. The van der Waals surface area contributed by atoms with Crippen molar-refractivity contribution in [2.24, 2.45) is 0 Å². The first-order valence-corrected chi connectivity index (χ1v) is 15.2. The Hall–Kier alpha value is -2.38. The van der Waals surface area contributed by atoms with Crippen LogP contribution in [0.3, 0.4) is 0 Å². The first-order chi connectivity index (χ1) is 18.7. The van der Waals surface area contributed by atoms with Gasteiger partial charge in [0.15, 0.2) is 0 Å². The van der Waals surface area contributed by atoms with Crippen molar-refractivity contribution in [1.82, 2.24) is 20.2 Å². The lowest BCUT2D eigenvalue weighted by Crippen LogP contribution is -2.48. The molecule has 7 nitrogen and oxygen atoms in total. The molecule has 2 fully saturated rings. The van der Waals surface area contributed by atoms with Crippen molar-refractivity contribution in [3.8, 4) is 0 Å². The highest BCUT2D eigenvalue weighted by molar-refractivity contribution is 6.31. The van der Waals surface area contributed by atoms with Gasteiger partial charge >= 0.3 is 6.09 Å². The average Bonchev–Trinajstić information content (AvgIpc) is 3.62. The molecule has 1 N–H and O–H groups in total. The molecule has 1 saturated heterocycles. The molecule has 2 aromatic rings. The van der Waals surface area contributed by atoms with E-state index in [4.69, 9.17) is 21.3 Å². The molecule has 1 amide bonds. The Balaban J connectivity index is 1.37. The van der Waals surface area contributed by atoms with Gasteiger partial charge in [-0.25, -0.2) is 14.8 Å². The average molecular weight is 552 g/mol. The molecular formula is C31H42ClN5O2. The summed E-state index contributed by atoms with van der Waals surface area (Å²) in [6.07, 6.45) is 10.5. The van der Waals surface area contributed by atoms with Gasteiger partial charge in [0.2, 0.25) is 0 Å². The molecule has 8 heteroatoms. The third-order valence-electron chi connectivity index (χ3n) is 9.32. The van der Waals surface area contributed by atoms with E-state index in [9.17, 15) is 4.79 Å². The van der Waals surface area contributed by atoms with Gasteiger partial charge in [0.1, 0.15) is 17.7 Å². The van der Waals surface area contributed by atoms with E-state index >= 15 is 0 Å². The lowest BCUT2D eigenvalue weighted by atomic mass is 9.72. The number of piperidine rings is 1. The lowest BCUT2D eigenvalue weighted by Gasteiger charge is -2.41. The van der Waals surface area contributed by atoms with Gasteiger partial charge in [0, 0.05) is 59.6 Å². The number of fused-ring (bicyclic) bond motifs is 3. The maximum Gasteiger partial charge on any atom is 0.410 e. The molecule has 210 valence electrons. The molecule has 1 aromatic carbocycles. The van der Waals surface area contributed by atoms with Crippen LogP contribution in [-0.2, 0) is 23.1 Å². The largest absolute Gasteiger partial charge is 0.444 e.